The minimum atomic E-state index is -1.10. The second kappa shape index (κ2) is 14.1. The van der Waals surface area contributed by atoms with E-state index in [2.05, 4.69) is 25.9 Å². The van der Waals surface area contributed by atoms with Crippen molar-refractivity contribution in [3.63, 3.8) is 0 Å². The Bertz CT molecular complexity index is 1120. The van der Waals surface area contributed by atoms with Crippen molar-refractivity contribution in [3.05, 3.63) is 41.7 Å². The molecule has 4 N–H and O–H groups in total. The van der Waals surface area contributed by atoms with Crippen LogP contribution in [0.1, 0.15) is 77.3 Å². The van der Waals surface area contributed by atoms with Crippen LogP contribution in [0.2, 0.25) is 0 Å². The van der Waals surface area contributed by atoms with Gasteiger partial charge < -0.3 is 35.1 Å². The second-order valence-corrected chi connectivity index (χ2v) is 11.9. The van der Waals surface area contributed by atoms with E-state index in [1.807, 2.05) is 34.6 Å². The highest BCUT2D eigenvalue weighted by atomic mass is 16.6. The van der Waals surface area contributed by atoms with Gasteiger partial charge in [0.15, 0.2) is 0 Å². The molecule has 1 atom stereocenters. The molecule has 0 aliphatic carbocycles. The summed E-state index contributed by atoms with van der Waals surface area (Å²) in [7, 11) is 0. The molecule has 2 aromatic rings. The van der Waals surface area contributed by atoms with Gasteiger partial charge in [-0.05, 0) is 38.8 Å². The maximum absolute atomic E-state index is 14.1. The van der Waals surface area contributed by atoms with Crippen molar-refractivity contribution in [3.8, 4) is 0 Å². The number of ether oxygens (including phenoxy) is 1. The van der Waals surface area contributed by atoms with E-state index in [1.165, 1.54) is 11.1 Å². The fourth-order valence-corrected chi connectivity index (χ4v) is 3.65. The third-order valence-corrected chi connectivity index (χ3v) is 5.45. The smallest absolute Gasteiger partial charge is 0.407 e. The molecule has 2 aromatic heterocycles. The van der Waals surface area contributed by atoms with Gasteiger partial charge in [0.25, 0.3) is 5.91 Å². The minimum absolute atomic E-state index is 0.00910. The summed E-state index contributed by atoms with van der Waals surface area (Å²) in [6, 6.07) is 2.46. The van der Waals surface area contributed by atoms with Crippen LogP contribution in [-0.2, 0) is 21.5 Å². The van der Waals surface area contributed by atoms with E-state index in [4.69, 9.17) is 9.15 Å². The van der Waals surface area contributed by atoms with Gasteiger partial charge in [0.05, 0.1) is 26.0 Å². The Balaban J connectivity index is 2.49. The van der Waals surface area contributed by atoms with Gasteiger partial charge in [0.2, 0.25) is 5.91 Å². The van der Waals surface area contributed by atoms with Crippen molar-refractivity contribution in [2.45, 2.75) is 79.0 Å². The summed E-state index contributed by atoms with van der Waals surface area (Å²) in [6.07, 6.45) is 2.29. The number of anilines is 1. The van der Waals surface area contributed by atoms with Gasteiger partial charge in [-0.1, -0.05) is 34.6 Å². The maximum Gasteiger partial charge on any atom is 0.407 e. The van der Waals surface area contributed by atoms with Crippen LogP contribution in [0.3, 0.4) is 0 Å². The van der Waals surface area contributed by atoms with E-state index >= 15 is 0 Å². The number of aliphatic hydroxyl groups excluding tert-OH is 1. The average molecular weight is 561 g/mol. The summed E-state index contributed by atoms with van der Waals surface area (Å²) >= 11 is 0. The predicted octanol–water partition coefficient (Wildman–Crippen LogP) is 3.08. The average Bonchev–Trinajstić information content (AvgIpc) is 3.37. The monoisotopic (exact) mass is 560 g/mol. The molecule has 222 valence electrons. The van der Waals surface area contributed by atoms with E-state index in [1.54, 1.807) is 39.2 Å². The summed E-state index contributed by atoms with van der Waals surface area (Å²) in [6.45, 7) is 14.9. The van der Waals surface area contributed by atoms with Crippen molar-refractivity contribution < 1.29 is 28.6 Å². The van der Waals surface area contributed by atoms with E-state index in [9.17, 15) is 19.5 Å². The first-order chi connectivity index (χ1) is 18.6. The standard InChI is InChI=1S/C28H44N6O6/c1-18(2)17-34(21(23(36)29-11-12-35)16-32-26(38)40-28(6,7)8)24(37)20-15-31-25(27(3,4)5)33-22(20)30-14-19-10-9-13-39-19/h9-10,13,15,18,21,35H,11-12,14,16-17H2,1-8H3,(H,29,36)(H,32,38)(H,30,31,33)/t21-/m0/s1. The second-order valence-electron chi connectivity index (χ2n) is 11.9. The van der Waals surface area contributed by atoms with Crippen molar-refractivity contribution in [2.24, 2.45) is 5.92 Å². The molecule has 12 heteroatoms. The Morgan fingerprint density at radius 2 is 1.82 bits per heavy atom. The minimum Gasteiger partial charge on any atom is -0.467 e. The van der Waals surface area contributed by atoms with Gasteiger partial charge in [0.1, 0.15) is 34.6 Å². The number of aromatic nitrogens is 2. The quantitative estimate of drug-likeness (QED) is 0.306. The number of carbonyl (C=O) groups excluding carboxylic acids is 3. The Hall–Kier alpha value is -3.67. The van der Waals surface area contributed by atoms with E-state index in [0.29, 0.717) is 17.4 Å². The van der Waals surface area contributed by atoms with Crippen molar-refractivity contribution >= 4 is 23.7 Å². The lowest BCUT2D eigenvalue weighted by atomic mass is 9.95. The molecular weight excluding hydrogens is 516 g/mol. The molecule has 0 aliphatic heterocycles. The molecule has 0 bridgehead atoms. The molecule has 0 saturated heterocycles. The van der Waals surface area contributed by atoms with Crippen LogP contribution < -0.4 is 16.0 Å². The van der Waals surface area contributed by atoms with E-state index in [0.717, 1.165) is 0 Å². The van der Waals surface area contributed by atoms with Crippen molar-refractivity contribution in [2.75, 3.05) is 31.6 Å². The molecule has 0 aromatic carbocycles. The third-order valence-electron chi connectivity index (χ3n) is 5.45. The molecule has 0 unspecified atom stereocenters. The zero-order valence-electron chi connectivity index (χ0n) is 24.8. The normalized spacial score (nSPS) is 12.6. The highest BCUT2D eigenvalue weighted by Crippen LogP contribution is 2.24. The number of nitrogens with zero attached hydrogens (tertiary/aromatic N) is 3. The SMILES string of the molecule is CC(C)CN(C(=O)c1cnc(C(C)(C)C)nc1NCc1ccco1)[C@@H](CNC(=O)OC(C)(C)C)C(=O)NCCO. The molecule has 40 heavy (non-hydrogen) atoms. The Kier molecular flexibility index (Phi) is 11.5. The number of hydrogen-bond donors (Lipinski definition) is 4. The molecule has 0 saturated carbocycles. The number of aliphatic hydroxyl groups is 1. The summed E-state index contributed by atoms with van der Waals surface area (Å²) in [5, 5.41) is 17.7. The molecule has 0 radical (unpaired) electrons. The zero-order chi connectivity index (χ0) is 30.1. The van der Waals surface area contributed by atoms with Gasteiger partial charge in [-0.25, -0.2) is 14.8 Å². The first kappa shape index (κ1) is 32.5. The van der Waals surface area contributed by atoms with Crippen LogP contribution in [0.25, 0.3) is 0 Å². The molecule has 0 fully saturated rings. The topological polar surface area (TPSA) is 159 Å². The van der Waals surface area contributed by atoms with Crippen LogP contribution in [0.15, 0.2) is 29.0 Å². The lowest BCUT2D eigenvalue weighted by Gasteiger charge is -2.33. The van der Waals surface area contributed by atoms with Crippen LogP contribution in [-0.4, -0.2) is 75.8 Å². The van der Waals surface area contributed by atoms with Crippen LogP contribution in [0.4, 0.5) is 10.6 Å². The van der Waals surface area contributed by atoms with E-state index < -0.39 is 29.6 Å². The summed E-state index contributed by atoms with van der Waals surface area (Å²) in [5.74, 6) is 0.432. The first-order valence-corrected chi connectivity index (χ1v) is 13.4. The largest absolute Gasteiger partial charge is 0.467 e. The number of carbonyl (C=O) groups is 3. The molecule has 0 aliphatic rings. The highest BCUT2D eigenvalue weighted by Gasteiger charge is 2.34. The lowest BCUT2D eigenvalue weighted by Crippen LogP contribution is -2.56. The molecule has 0 spiro atoms. The molecule has 3 amide bonds. The summed E-state index contributed by atoms with van der Waals surface area (Å²) < 4.78 is 10.7. The van der Waals surface area contributed by atoms with Crippen LogP contribution >= 0.6 is 0 Å². The first-order valence-electron chi connectivity index (χ1n) is 13.4. The van der Waals surface area contributed by atoms with Crippen LogP contribution in [0, 0.1) is 5.92 Å². The van der Waals surface area contributed by atoms with Gasteiger partial charge >= 0.3 is 6.09 Å². The summed E-state index contributed by atoms with van der Waals surface area (Å²) in [5.41, 5.74) is -0.963. The fourth-order valence-electron chi connectivity index (χ4n) is 3.65. The van der Waals surface area contributed by atoms with Gasteiger partial charge in [-0.2, -0.15) is 0 Å². The Morgan fingerprint density at radius 1 is 1.12 bits per heavy atom. The summed E-state index contributed by atoms with van der Waals surface area (Å²) in [4.78, 5) is 50.3. The number of hydrogen-bond acceptors (Lipinski definition) is 9. The van der Waals surface area contributed by atoms with Gasteiger partial charge in [-0.15, -0.1) is 0 Å². The molecule has 2 rings (SSSR count). The maximum atomic E-state index is 14.1. The number of alkyl carbamates (subject to hydrolysis) is 1. The number of nitrogens with one attached hydrogen (secondary N) is 3. The molecule has 12 nitrogen and oxygen atoms in total. The third kappa shape index (κ3) is 10.1. The number of furan rings is 1. The number of amides is 3. The lowest BCUT2D eigenvalue weighted by molar-refractivity contribution is -0.125. The molecular formula is C28H44N6O6. The van der Waals surface area contributed by atoms with Gasteiger partial charge in [-0.3, -0.25) is 9.59 Å². The van der Waals surface area contributed by atoms with Crippen molar-refractivity contribution in [1.29, 1.82) is 0 Å². The Labute approximate surface area is 236 Å². The van der Waals surface area contributed by atoms with Crippen LogP contribution in [0.5, 0.6) is 0 Å². The van der Waals surface area contributed by atoms with Crippen molar-refractivity contribution in [1.82, 2.24) is 25.5 Å². The van der Waals surface area contributed by atoms with Gasteiger partial charge in [0, 0.05) is 24.7 Å². The zero-order valence-corrected chi connectivity index (χ0v) is 24.8. The molecule has 2 heterocycles. The predicted molar refractivity (Wildman–Crippen MR) is 151 cm³/mol. The fraction of sp³-hybridized carbons (Fsp3) is 0.607. The number of rotatable bonds is 12. The van der Waals surface area contributed by atoms with E-state index in [-0.39, 0.29) is 49.7 Å². The highest BCUT2D eigenvalue weighted by molar-refractivity contribution is 6.01. The Morgan fingerprint density at radius 3 is 2.38 bits per heavy atom.